The fraction of sp³-hybridized carbons (Fsp3) is 0.286. The Morgan fingerprint density at radius 3 is 2.71 bits per heavy atom. The third-order valence-electron chi connectivity index (χ3n) is 4.37. The Morgan fingerprint density at radius 1 is 1.21 bits per heavy atom. The van der Waals surface area contributed by atoms with Crippen LogP contribution in [0.3, 0.4) is 0 Å². The fourth-order valence-electron chi connectivity index (χ4n) is 2.86. The van der Waals surface area contributed by atoms with Crippen LogP contribution in [0.2, 0.25) is 19.6 Å². The van der Waals surface area contributed by atoms with Crippen molar-refractivity contribution in [3.8, 4) is 28.9 Å². The van der Waals surface area contributed by atoms with Crippen LogP contribution in [0.1, 0.15) is 11.1 Å². The Balaban J connectivity index is 1.76. The van der Waals surface area contributed by atoms with Crippen LogP contribution in [0.25, 0.3) is 16.9 Å². The van der Waals surface area contributed by atoms with Gasteiger partial charge in [0.1, 0.15) is 14.1 Å². The van der Waals surface area contributed by atoms with Gasteiger partial charge in [-0.3, -0.25) is 4.98 Å². The topological polar surface area (TPSA) is 75.2 Å². The minimum Gasteiger partial charge on any atom is -0.377 e. The smallest absolute Gasteiger partial charge is 0.129 e. The summed E-state index contributed by atoms with van der Waals surface area (Å²) in [5.74, 6) is 3.32. The van der Waals surface area contributed by atoms with Gasteiger partial charge in [-0.1, -0.05) is 25.6 Å². The molecule has 1 saturated heterocycles. The quantitative estimate of drug-likeness (QED) is 0.551. The Bertz CT molecular complexity index is 1140. The molecule has 1 aliphatic rings. The third kappa shape index (κ3) is 3.77. The molecule has 3 aromatic rings. The van der Waals surface area contributed by atoms with E-state index in [1.165, 1.54) is 0 Å². The maximum absolute atomic E-state index is 9.07. The molecule has 1 fully saturated rings. The van der Waals surface area contributed by atoms with Crippen molar-refractivity contribution in [3.05, 3.63) is 47.8 Å². The zero-order valence-electron chi connectivity index (χ0n) is 16.2. The van der Waals surface area contributed by atoms with Gasteiger partial charge in [0.2, 0.25) is 0 Å². The number of aromatic nitrogens is 3. The van der Waals surface area contributed by atoms with E-state index in [4.69, 9.17) is 10.00 Å². The molecule has 0 atom stereocenters. The van der Waals surface area contributed by atoms with Gasteiger partial charge in [-0.25, -0.2) is 4.52 Å². The van der Waals surface area contributed by atoms with Gasteiger partial charge in [-0.15, -0.1) is 5.54 Å². The molecule has 6 nitrogen and oxygen atoms in total. The summed E-state index contributed by atoms with van der Waals surface area (Å²) in [5, 5.41) is 17.0. The van der Waals surface area contributed by atoms with Crippen LogP contribution in [-0.2, 0) is 4.74 Å². The first-order valence-corrected chi connectivity index (χ1v) is 12.7. The van der Waals surface area contributed by atoms with Crippen molar-refractivity contribution in [2.45, 2.75) is 25.7 Å². The van der Waals surface area contributed by atoms with E-state index >= 15 is 0 Å². The Hall–Kier alpha value is -3.13. The SMILES string of the molecule is C[Si](C)(C)C#Cc1cnc(-c2ccc3cc(C#N)cnn23)cc1NC1COC1. The lowest BCUT2D eigenvalue weighted by atomic mass is 10.1. The van der Waals surface area contributed by atoms with Crippen molar-refractivity contribution in [2.75, 3.05) is 18.5 Å². The van der Waals surface area contributed by atoms with Gasteiger partial charge >= 0.3 is 0 Å². The van der Waals surface area contributed by atoms with E-state index in [-0.39, 0.29) is 0 Å². The molecule has 0 radical (unpaired) electrons. The molecule has 4 rings (SSSR count). The predicted octanol–water partition coefficient (Wildman–Crippen LogP) is 3.31. The average molecular weight is 388 g/mol. The lowest BCUT2D eigenvalue weighted by Crippen LogP contribution is -2.40. The summed E-state index contributed by atoms with van der Waals surface area (Å²) in [7, 11) is -1.49. The minimum absolute atomic E-state index is 0.294. The van der Waals surface area contributed by atoms with E-state index in [1.54, 1.807) is 10.7 Å². The van der Waals surface area contributed by atoms with Gasteiger partial charge in [0.05, 0.1) is 59.2 Å². The van der Waals surface area contributed by atoms with Crippen molar-refractivity contribution < 1.29 is 4.74 Å². The third-order valence-corrected chi connectivity index (χ3v) is 5.24. The standard InChI is InChI=1S/C21H21N5OSi/c1-28(2,3)7-6-16-12-23-20(9-19(16)25-17-13-27-14-17)21-5-4-18-8-15(10-22)11-24-26(18)21/h4-5,8-9,11-12,17H,13-14H2,1-3H3,(H,23,25). The number of nitrogens with one attached hydrogen (secondary N) is 1. The number of hydrogen-bond donors (Lipinski definition) is 1. The van der Waals surface area contributed by atoms with Crippen molar-refractivity contribution in [2.24, 2.45) is 0 Å². The molecule has 1 N–H and O–H groups in total. The summed E-state index contributed by atoms with van der Waals surface area (Å²) in [4.78, 5) is 4.64. The van der Waals surface area contributed by atoms with Crippen molar-refractivity contribution in [3.63, 3.8) is 0 Å². The summed E-state index contributed by atoms with van der Waals surface area (Å²) in [5.41, 5.74) is 8.36. The Labute approximate surface area is 165 Å². The second-order valence-electron chi connectivity index (χ2n) is 7.91. The molecular formula is C21H21N5OSi. The summed E-state index contributed by atoms with van der Waals surface area (Å²) in [6.07, 6.45) is 3.39. The summed E-state index contributed by atoms with van der Waals surface area (Å²) in [6.45, 7) is 8.07. The predicted molar refractivity (Wildman–Crippen MR) is 112 cm³/mol. The van der Waals surface area contributed by atoms with Crippen molar-refractivity contribution >= 4 is 19.3 Å². The van der Waals surface area contributed by atoms with Gasteiger partial charge in [0, 0.05) is 6.20 Å². The molecule has 0 bridgehead atoms. The van der Waals surface area contributed by atoms with E-state index < -0.39 is 8.07 Å². The molecule has 140 valence electrons. The molecule has 0 aliphatic carbocycles. The lowest BCUT2D eigenvalue weighted by Gasteiger charge is -2.28. The number of fused-ring (bicyclic) bond motifs is 1. The molecule has 0 amide bonds. The lowest BCUT2D eigenvalue weighted by molar-refractivity contribution is 0.0211. The largest absolute Gasteiger partial charge is 0.377 e. The molecule has 0 saturated carbocycles. The highest BCUT2D eigenvalue weighted by molar-refractivity contribution is 6.83. The monoisotopic (exact) mass is 387 g/mol. The Kier molecular flexibility index (Phi) is 4.64. The van der Waals surface area contributed by atoms with Crippen LogP contribution in [0.5, 0.6) is 0 Å². The van der Waals surface area contributed by atoms with E-state index in [1.807, 2.05) is 30.5 Å². The van der Waals surface area contributed by atoms with Gasteiger partial charge < -0.3 is 10.1 Å². The second-order valence-corrected chi connectivity index (χ2v) is 12.7. The van der Waals surface area contributed by atoms with Gasteiger partial charge in [-0.2, -0.15) is 10.4 Å². The normalized spacial score (nSPS) is 14.1. The number of rotatable bonds is 3. The first kappa shape index (κ1) is 18.2. The van der Waals surface area contributed by atoms with Crippen molar-refractivity contribution in [1.82, 2.24) is 14.6 Å². The average Bonchev–Trinajstić information content (AvgIpc) is 3.05. The molecule has 28 heavy (non-hydrogen) atoms. The number of ether oxygens (including phenoxy) is 1. The molecule has 1 aliphatic heterocycles. The van der Waals surface area contributed by atoms with Crippen molar-refractivity contribution in [1.29, 1.82) is 5.26 Å². The van der Waals surface area contributed by atoms with E-state index in [9.17, 15) is 0 Å². The number of hydrogen-bond acceptors (Lipinski definition) is 5. The molecule has 3 aromatic heterocycles. The van der Waals surface area contributed by atoms with E-state index in [0.717, 1.165) is 28.2 Å². The number of nitriles is 1. The summed E-state index contributed by atoms with van der Waals surface area (Å²) < 4.78 is 7.09. The molecular weight excluding hydrogens is 366 g/mol. The maximum atomic E-state index is 9.07. The van der Waals surface area contributed by atoms with Crippen LogP contribution in [0, 0.1) is 22.8 Å². The van der Waals surface area contributed by atoms with Crippen LogP contribution < -0.4 is 5.32 Å². The fourth-order valence-corrected chi connectivity index (χ4v) is 3.37. The van der Waals surface area contributed by atoms with E-state index in [0.29, 0.717) is 24.8 Å². The number of nitrogens with zero attached hydrogens (tertiary/aromatic N) is 4. The first-order valence-electron chi connectivity index (χ1n) is 9.19. The highest BCUT2D eigenvalue weighted by Crippen LogP contribution is 2.26. The van der Waals surface area contributed by atoms with Gasteiger partial charge in [0.15, 0.2) is 0 Å². The molecule has 7 heteroatoms. The maximum Gasteiger partial charge on any atom is 0.129 e. The minimum atomic E-state index is -1.49. The molecule has 0 aromatic carbocycles. The second kappa shape index (κ2) is 7.12. The first-order chi connectivity index (χ1) is 13.4. The highest BCUT2D eigenvalue weighted by Gasteiger charge is 2.20. The molecule has 0 unspecified atom stereocenters. The zero-order valence-corrected chi connectivity index (χ0v) is 17.2. The zero-order chi connectivity index (χ0) is 19.7. The van der Waals surface area contributed by atoms with Crippen LogP contribution in [0.15, 0.2) is 36.7 Å². The van der Waals surface area contributed by atoms with Gasteiger partial charge in [-0.05, 0) is 24.3 Å². The molecule has 0 spiro atoms. The summed E-state index contributed by atoms with van der Waals surface area (Å²) >= 11 is 0. The van der Waals surface area contributed by atoms with Gasteiger partial charge in [0.25, 0.3) is 0 Å². The van der Waals surface area contributed by atoms with E-state index in [2.05, 4.69) is 52.6 Å². The van der Waals surface area contributed by atoms with Crippen LogP contribution in [-0.4, -0.2) is 41.9 Å². The molecule has 4 heterocycles. The highest BCUT2D eigenvalue weighted by atomic mass is 28.3. The summed E-state index contributed by atoms with van der Waals surface area (Å²) in [6, 6.07) is 10.2. The Morgan fingerprint density at radius 2 is 2.04 bits per heavy atom. The van der Waals surface area contributed by atoms with Crippen LogP contribution in [0.4, 0.5) is 5.69 Å². The number of anilines is 1. The number of pyridine rings is 1. The van der Waals surface area contributed by atoms with Crippen LogP contribution >= 0.6 is 0 Å².